The zero-order valence-corrected chi connectivity index (χ0v) is 16.4. The number of hydrogen-bond donors (Lipinski definition) is 1. The standard InChI is InChI=1S/C23H19N3O3/c1-4-29-23(28)20-10-19-9-18(12-26(19)22(13(20)2)14(3)27)16-7-15-5-6-25-21(15)17(8-16)11-24/h5-10,12,25H,4H2,1-3H3. The Morgan fingerprint density at radius 1 is 1.21 bits per heavy atom. The molecule has 0 aliphatic rings. The highest BCUT2D eigenvalue weighted by atomic mass is 16.5. The maximum atomic E-state index is 12.4. The monoisotopic (exact) mass is 385 g/mol. The number of esters is 1. The number of Topliss-reactive ketones (excluding diaryl/α,β-unsaturated/α-hetero) is 1. The van der Waals surface area contributed by atoms with Crippen LogP contribution in [0.25, 0.3) is 27.5 Å². The molecule has 6 heteroatoms. The average Bonchev–Trinajstić information content (AvgIpc) is 3.32. The van der Waals surface area contributed by atoms with Crippen molar-refractivity contribution in [3.63, 3.8) is 0 Å². The van der Waals surface area contributed by atoms with Gasteiger partial charge in [-0.2, -0.15) is 5.26 Å². The van der Waals surface area contributed by atoms with Gasteiger partial charge in [-0.3, -0.25) is 4.79 Å². The number of H-pyrrole nitrogens is 1. The first-order valence-corrected chi connectivity index (χ1v) is 9.30. The molecule has 0 spiro atoms. The molecule has 0 amide bonds. The summed E-state index contributed by atoms with van der Waals surface area (Å²) >= 11 is 0. The highest BCUT2D eigenvalue weighted by Crippen LogP contribution is 2.30. The minimum Gasteiger partial charge on any atom is -0.462 e. The van der Waals surface area contributed by atoms with Gasteiger partial charge < -0.3 is 14.1 Å². The first kappa shape index (κ1) is 18.5. The highest BCUT2D eigenvalue weighted by Gasteiger charge is 2.20. The van der Waals surface area contributed by atoms with Gasteiger partial charge in [0.15, 0.2) is 5.78 Å². The molecule has 3 heterocycles. The Kier molecular flexibility index (Phi) is 4.44. The molecule has 0 fully saturated rings. The summed E-state index contributed by atoms with van der Waals surface area (Å²) in [6, 6.07) is 11.6. The minimum absolute atomic E-state index is 0.139. The first-order valence-electron chi connectivity index (χ1n) is 9.30. The number of carbonyl (C=O) groups excluding carboxylic acids is 2. The van der Waals surface area contributed by atoms with Crippen LogP contribution in [0, 0.1) is 18.3 Å². The molecule has 144 valence electrons. The summed E-state index contributed by atoms with van der Waals surface area (Å²) in [7, 11) is 0. The van der Waals surface area contributed by atoms with Crippen molar-refractivity contribution in [1.29, 1.82) is 5.26 Å². The van der Waals surface area contributed by atoms with Gasteiger partial charge in [0.25, 0.3) is 0 Å². The third-order valence-electron chi connectivity index (χ3n) is 5.08. The topological polar surface area (TPSA) is 87.4 Å². The Bertz CT molecular complexity index is 1340. The number of ether oxygens (including phenoxy) is 1. The normalized spacial score (nSPS) is 11.0. The van der Waals surface area contributed by atoms with E-state index in [1.807, 2.05) is 30.5 Å². The lowest BCUT2D eigenvalue weighted by Crippen LogP contribution is -2.13. The lowest BCUT2D eigenvalue weighted by molar-refractivity contribution is 0.0525. The van der Waals surface area contributed by atoms with Gasteiger partial charge in [0.05, 0.1) is 28.9 Å². The van der Waals surface area contributed by atoms with Crippen LogP contribution in [0.15, 0.2) is 42.7 Å². The molecule has 3 aromatic heterocycles. The number of nitriles is 1. The van der Waals surface area contributed by atoms with Crippen LogP contribution >= 0.6 is 0 Å². The van der Waals surface area contributed by atoms with Crippen LogP contribution in [0.4, 0.5) is 0 Å². The van der Waals surface area contributed by atoms with Gasteiger partial charge >= 0.3 is 5.97 Å². The number of ketones is 1. The Balaban J connectivity index is 1.97. The van der Waals surface area contributed by atoms with E-state index in [1.54, 1.807) is 30.5 Å². The molecular formula is C23H19N3O3. The molecule has 0 bridgehead atoms. The van der Waals surface area contributed by atoms with Crippen molar-refractivity contribution >= 4 is 28.2 Å². The summed E-state index contributed by atoms with van der Waals surface area (Å²) in [5.41, 5.74) is 5.19. The smallest absolute Gasteiger partial charge is 0.338 e. The quantitative estimate of drug-likeness (QED) is 0.409. The molecule has 4 aromatic rings. The molecule has 1 N–H and O–H groups in total. The summed E-state index contributed by atoms with van der Waals surface area (Å²) < 4.78 is 6.95. The third-order valence-corrected chi connectivity index (χ3v) is 5.08. The highest BCUT2D eigenvalue weighted by molar-refractivity contribution is 6.01. The van der Waals surface area contributed by atoms with Gasteiger partial charge in [-0.1, -0.05) is 0 Å². The van der Waals surface area contributed by atoms with Crippen molar-refractivity contribution in [1.82, 2.24) is 9.38 Å². The lowest BCUT2D eigenvalue weighted by atomic mass is 10.0. The second kappa shape index (κ2) is 6.95. The van der Waals surface area contributed by atoms with E-state index in [-0.39, 0.29) is 12.4 Å². The second-order valence-corrected chi connectivity index (χ2v) is 6.91. The molecule has 0 saturated carbocycles. The Labute approximate surface area is 167 Å². The summed E-state index contributed by atoms with van der Waals surface area (Å²) in [5, 5.41) is 10.4. The number of nitrogens with zero attached hydrogens (tertiary/aromatic N) is 2. The number of benzene rings is 1. The molecule has 1 aromatic carbocycles. The van der Waals surface area contributed by atoms with Crippen molar-refractivity contribution in [2.24, 2.45) is 0 Å². The van der Waals surface area contributed by atoms with E-state index >= 15 is 0 Å². The molecule has 0 radical (unpaired) electrons. The van der Waals surface area contributed by atoms with Crippen molar-refractivity contribution in [2.45, 2.75) is 20.8 Å². The average molecular weight is 385 g/mol. The van der Waals surface area contributed by atoms with Gasteiger partial charge in [0.2, 0.25) is 0 Å². The van der Waals surface area contributed by atoms with E-state index in [2.05, 4.69) is 11.1 Å². The Hall–Kier alpha value is -3.85. The van der Waals surface area contributed by atoms with Crippen LogP contribution in [0.2, 0.25) is 0 Å². The van der Waals surface area contributed by atoms with Crippen LogP contribution in [0.5, 0.6) is 0 Å². The van der Waals surface area contributed by atoms with Gasteiger partial charge in [-0.25, -0.2) is 4.79 Å². The van der Waals surface area contributed by atoms with Crippen LogP contribution < -0.4 is 0 Å². The Morgan fingerprint density at radius 2 is 2.00 bits per heavy atom. The van der Waals surface area contributed by atoms with Gasteiger partial charge in [-0.15, -0.1) is 0 Å². The molecule has 29 heavy (non-hydrogen) atoms. The molecular weight excluding hydrogens is 366 g/mol. The number of carbonyl (C=O) groups is 2. The van der Waals surface area contributed by atoms with E-state index in [1.165, 1.54) is 6.92 Å². The van der Waals surface area contributed by atoms with Crippen LogP contribution in [0.3, 0.4) is 0 Å². The minimum atomic E-state index is -0.446. The van der Waals surface area contributed by atoms with Gasteiger partial charge in [0.1, 0.15) is 6.07 Å². The van der Waals surface area contributed by atoms with Crippen LogP contribution in [-0.2, 0) is 4.74 Å². The molecule has 0 unspecified atom stereocenters. The summed E-state index contributed by atoms with van der Waals surface area (Å²) in [5.74, 6) is -0.585. The summed E-state index contributed by atoms with van der Waals surface area (Å²) in [4.78, 5) is 27.8. The number of aromatic nitrogens is 2. The fourth-order valence-corrected chi connectivity index (χ4v) is 3.79. The number of nitrogens with one attached hydrogen (secondary N) is 1. The summed E-state index contributed by atoms with van der Waals surface area (Å²) in [6.45, 7) is 5.24. The van der Waals surface area contributed by atoms with E-state index in [0.29, 0.717) is 27.9 Å². The molecule has 0 saturated heterocycles. The maximum absolute atomic E-state index is 12.4. The zero-order chi connectivity index (χ0) is 20.7. The van der Waals surface area contributed by atoms with E-state index in [4.69, 9.17) is 4.74 Å². The van der Waals surface area contributed by atoms with E-state index < -0.39 is 5.97 Å². The number of rotatable bonds is 4. The lowest BCUT2D eigenvalue weighted by Gasteiger charge is -2.12. The number of hydrogen-bond acceptors (Lipinski definition) is 4. The second-order valence-electron chi connectivity index (χ2n) is 6.91. The SMILES string of the molecule is CCOC(=O)c1cc2cc(-c3cc(C#N)c4[nH]ccc4c3)cn2c(C(C)=O)c1C. The fraction of sp³-hybridized carbons (Fsp3) is 0.174. The zero-order valence-electron chi connectivity index (χ0n) is 16.4. The maximum Gasteiger partial charge on any atom is 0.338 e. The third kappa shape index (κ3) is 2.97. The van der Waals surface area contributed by atoms with E-state index in [0.717, 1.165) is 22.0 Å². The van der Waals surface area contributed by atoms with Crippen molar-refractivity contribution in [3.05, 3.63) is 65.1 Å². The Morgan fingerprint density at radius 3 is 2.69 bits per heavy atom. The van der Waals surface area contributed by atoms with Crippen molar-refractivity contribution in [3.8, 4) is 17.2 Å². The van der Waals surface area contributed by atoms with Gasteiger partial charge in [0, 0.05) is 35.8 Å². The fourth-order valence-electron chi connectivity index (χ4n) is 3.79. The van der Waals surface area contributed by atoms with Crippen LogP contribution in [0.1, 0.15) is 45.8 Å². The molecule has 4 rings (SSSR count). The largest absolute Gasteiger partial charge is 0.462 e. The van der Waals surface area contributed by atoms with Crippen molar-refractivity contribution in [2.75, 3.05) is 6.61 Å². The van der Waals surface area contributed by atoms with E-state index in [9.17, 15) is 14.9 Å². The predicted octanol–water partition coefficient (Wildman–Crippen LogP) is 4.65. The first-order chi connectivity index (χ1) is 13.9. The molecule has 0 atom stereocenters. The predicted molar refractivity (Wildman–Crippen MR) is 110 cm³/mol. The molecule has 6 nitrogen and oxygen atoms in total. The van der Waals surface area contributed by atoms with Gasteiger partial charge in [-0.05, 0) is 55.3 Å². The molecule has 0 aliphatic heterocycles. The number of fused-ring (bicyclic) bond motifs is 2. The van der Waals surface area contributed by atoms with Crippen LogP contribution in [-0.4, -0.2) is 27.7 Å². The summed E-state index contributed by atoms with van der Waals surface area (Å²) in [6.07, 6.45) is 3.66. The number of aromatic amines is 1. The van der Waals surface area contributed by atoms with Crippen molar-refractivity contribution < 1.29 is 14.3 Å². The number of pyridine rings is 1. The molecule has 0 aliphatic carbocycles.